The summed E-state index contributed by atoms with van der Waals surface area (Å²) in [4.78, 5) is 6.55. The molecule has 0 aliphatic heterocycles. The van der Waals surface area contributed by atoms with Gasteiger partial charge in [-0.15, -0.1) is 10.2 Å². The number of benzene rings is 2. The molecule has 2 aromatic carbocycles. The summed E-state index contributed by atoms with van der Waals surface area (Å²) in [5.74, 6) is -0.325. The molecule has 6 N–H and O–H groups in total. The molecule has 0 atom stereocenters. The number of nitriles is 1. The van der Waals surface area contributed by atoms with Gasteiger partial charge in [-0.25, -0.2) is 9.97 Å². The van der Waals surface area contributed by atoms with Crippen molar-refractivity contribution in [2.45, 2.75) is 14.9 Å². The van der Waals surface area contributed by atoms with Crippen LogP contribution in [0, 0.1) is 11.3 Å². The van der Waals surface area contributed by atoms with Crippen molar-refractivity contribution in [3.05, 3.63) is 30.3 Å². The summed E-state index contributed by atoms with van der Waals surface area (Å²) in [5.41, 5.74) is 11.0. The van der Waals surface area contributed by atoms with E-state index in [2.05, 4.69) is 20.2 Å². The van der Waals surface area contributed by atoms with Crippen LogP contribution in [0.25, 0.3) is 10.8 Å². The predicted octanol–water partition coefficient (Wildman–Crippen LogP) is 2.32. The summed E-state index contributed by atoms with van der Waals surface area (Å²) in [6, 6.07) is 7.63. The first-order valence-electron chi connectivity index (χ1n) is 8.28. The number of nitrogen functional groups attached to an aromatic ring is 2. The van der Waals surface area contributed by atoms with Gasteiger partial charge in [0.15, 0.2) is 22.5 Å². The molecule has 13 nitrogen and oxygen atoms in total. The minimum absolute atomic E-state index is 0.0557. The van der Waals surface area contributed by atoms with E-state index in [-0.39, 0.29) is 44.7 Å². The Balaban J connectivity index is 2.19. The Hall–Kier alpha value is -3.36. The summed E-state index contributed by atoms with van der Waals surface area (Å²) < 4.78 is 66.5. The summed E-state index contributed by atoms with van der Waals surface area (Å²) in [6.07, 6.45) is 0. The quantitative estimate of drug-likeness (QED) is 0.167. The fourth-order valence-electron chi connectivity index (χ4n) is 2.70. The van der Waals surface area contributed by atoms with E-state index in [9.17, 15) is 25.9 Å². The second kappa shape index (κ2) is 8.64. The minimum Gasteiger partial charge on any atom is -0.382 e. The van der Waals surface area contributed by atoms with Crippen molar-refractivity contribution in [1.29, 1.82) is 5.26 Å². The van der Waals surface area contributed by atoms with E-state index in [4.69, 9.17) is 16.7 Å². The van der Waals surface area contributed by atoms with Crippen molar-refractivity contribution in [1.82, 2.24) is 9.97 Å². The maximum absolute atomic E-state index is 12.1. The van der Waals surface area contributed by atoms with Gasteiger partial charge in [-0.05, 0) is 12.1 Å². The lowest BCUT2D eigenvalue weighted by Crippen LogP contribution is -2.03. The highest BCUT2D eigenvalue weighted by molar-refractivity contribution is 7.99. The van der Waals surface area contributed by atoms with Gasteiger partial charge in [0.2, 0.25) is 0 Å². The van der Waals surface area contributed by atoms with Gasteiger partial charge in [-0.3, -0.25) is 9.11 Å². The third-order valence-corrected chi connectivity index (χ3v) is 6.50. The third kappa shape index (κ3) is 4.76. The minimum atomic E-state index is -4.92. The molecule has 166 valence electrons. The van der Waals surface area contributed by atoms with Gasteiger partial charge in [-0.1, -0.05) is 30.0 Å². The van der Waals surface area contributed by atoms with Crippen LogP contribution in [0.1, 0.15) is 0 Å². The molecular weight excluding hydrogens is 482 g/mol. The average molecular weight is 496 g/mol. The number of thioether (sulfide) groups is 1. The number of nitrogens with two attached hydrogens (primary N) is 2. The van der Waals surface area contributed by atoms with E-state index in [1.54, 1.807) is 0 Å². The molecule has 3 aromatic rings. The third-order valence-electron chi connectivity index (χ3n) is 3.93. The van der Waals surface area contributed by atoms with E-state index in [0.717, 1.165) is 23.9 Å². The maximum atomic E-state index is 12.1. The van der Waals surface area contributed by atoms with Gasteiger partial charge in [-0.2, -0.15) is 22.1 Å². The summed E-state index contributed by atoms with van der Waals surface area (Å²) in [6.45, 7) is 0. The Bertz CT molecular complexity index is 1490. The van der Waals surface area contributed by atoms with E-state index in [1.165, 1.54) is 18.2 Å². The molecule has 32 heavy (non-hydrogen) atoms. The van der Waals surface area contributed by atoms with Crippen LogP contribution in [0.2, 0.25) is 0 Å². The number of fused-ring (bicyclic) bond motifs is 1. The Morgan fingerprint density at radius 3 is 2.19 bits per heavy atom. The molecule has 0 aliphatic rings. The lowest BCUT2D eigenvalue weighted by Gasteiger charge is -2.10. The van der Waals surface area contributed by atoms with Crippen molar-refractivity contribution >= 4 is 65.8 Å². The number of azo groups is 1. The van der Waals surface area contributed by atoms with Crippen LogP contribution < -0.4 is 11.5 Å². The molecule has 0 bridgehead atoms. The lowest BCUT2D eigenvalue weighted by molar-refractivity contribution is 0.481. The number of hydrogen-bond acceptors (Lipinski definition) is 12. The number of aromatic nitrogens is 2. The first-order chi connectivity index (χ1) is 14.9. The highest BCUT2D eigenvalue weighted by Crippen LogP contribution is 2.37. The molecule has 0 radical (unpaired) electrons. The molecule has 0 saturated heterocycles. The van der Waals surface area contributed by atoms with E-state index in [0.29, 0.717) is 0 Å². The molecule has 0 unspecified atom stereocenters. The molecule has 3 rings (SSSR count). The zero-order valence-corrected chi connectivity index (χ0v) is 18.2. The average Bonchev–Trinajstić information content (AvgIpc) is 2.69. The highest BCUT2D eigenvalue weighted by atomic mass is 32.2. The van der Waals surface area contributed by atoms with Gasteiger partial charge < -0.3 is 11.5 Å². The highest BCUT2D eigenvalue weighted by Gasteiger charge is 2.23. The molecule has 0 spiro atoms. The normalized spacial score (nSPS) is 12.3. The van der Waals surface area contributed by atoms with Gasteiger partial charge in [0.1, 0.15) is 15.5 Å². The predicted molar refractivity (Wildman–Crippen MR) is 115 cm³/mol. The SMILES string of the molecule is N#CCSc1nc(N)c(N=Nc2ccc3c(S(=O)(=O)O)cccc3c2S(=O)(=O)O)c(N)n1. The molecule has 1 heterocycles. The van der Waals surface area contributed by atoms with Crippen LogP contribution in [-0.2, 0) is 20.2 Å². The van der Waals surface area contributed by atoms with Crippen molar-refractivity contribution in [3.63, 3.8) is 0 Å². The van der Waals surface area contributed by atoms with E-state index < -0.39 is 30.0 Å². The second-order valence-corrected chi connectivity index (χ2v) is 9.68. The van der Waals surface area contributed by atoms with Crippen LogP contribution in [0.15, 0.2) is 55.5 Å². The zero-order chi connectivity index (χ0) is 23.7. The topological polar surface area (TPSA) is 235 Å². The van der Waals surface area contributed by atoms with E-state index >= 15 is 0 Å². The molecule has 0 saturated carbocycles. The molecule has 1 aromatic heterocycles. The summed E-state index contributed by atoms with van der Waals surface area (Å²) >= 11 is 0.985. The summed E-state index contributed by atoms with van der Waals surface area (Å²) in [7, 11) is -9.61. The number of nitrogens with zero attached hydrogens (tertiary/aromatic N) is 5. The second-order valence-electron chi connectivity index (χ2n) is 5.99. The molecule has 16 heteroatoms. The lowest BCUT2D eigenvalue weighted by atomic mass is 10.1. The fourth-order valence-corrected chi connectivity index (χ4v) is 4.76. The fraction of sp³-hybridized carbons (Fsp3) is 0.0625. The standard InChI is InChI=1S/C16H13N7O6S3/c17-6-7-30-16-20-14(18)12(15(19)21-16)23-22-10-5-4-8-9(13(10)32(27,28)29)2-1-3-11(8)31(24,25)26/h1-5H,7H2,(H,24,25,26)(H,27,28,29)(H4,18,19,20,21). The Morgan fingerprint density at radius 2 is 1.62 bits per heavy atom. The largest absolute Gasteiger partial charge is 0.382 e. The smallest absolute Gasteiger partial charge is 0.297 e. The molecule has 0 aliphatic carbocycles. The summed E-state index contributed by atoms with van der Waals surface area (Å²) in [5, 5.41) is 15.9. The Kier molecular flexibility index (Phi) is 6.29. The molecule has 0 amide bonds. The van der Waals surface area contributed by atoms with Crippen molar-refractivity contribution in [2.24, 2.45) is 10.2 Å². The first-order valence-corrected chi connectivity index (χ1v) is 12.1. The monoisotopic (exact) mass is 495 g/mol. The van der Waals surface area contributed by atoms with Crippen LogP contribution in [0.5, 0.6) is 0 Å². The van der Waals surface area contributed by atoms with Crippen LogP contribution in [0.4, 0.5) is 23.0 Å². The van der Waals surface area contributed by atoms with Crippen LogP contribution in [0.3, 0.4) is 0 Å². The van der Waals surface area contributed by atoms with Crippen molar-refractivity contribution in [3.8, 4) is 6.07 Å². The molecule has 0 fully saturated rings. The van der Waals surface area contributed by atoms with Gasteiger partial charge in [0, 0.05) is 10.8 Å². The van der Waals surface area contributed by atoms with Crippen LogP contribution >= 0.6 is 11.8 Å². The van der Waals surface area contributed by atoms with Gasteiger partial charge in [0.05, 0.1) is 11.8 Å². The van der Waals surface area contributed by atoms with Crippen LogP contribution in [-0.4, -0.2) is 41.7 Å². The maximum Gasteiger partial charge on any atom is 0.297 e. The number of anilines is 2. The molecular formula is C16H13N7O6S3. The van der Waals surface area contributed by atoms with Gasteiger partial charge >= 0.3 is 0 Å². The van der Waals surface area contributed by atoms with Crippen molar-refractivity contribution in [2.75, 3.05) is 17.2 Å². The zero-order valence-electron chi connectivity index (χ0n) is 15.7. The van der Waals surface area contributed by atoms with Crippen molar-refractivity contribution < 1.29 is 25.9 Å². The Morgan fingerprint density at radius 1 is 0.969 bits per heavy atom. The number of hydrogen-bond donors (Lipinski definition) is 4. The van der Waals surface area contributed by atoms with E-state index in [1.807, 2.05) is 6.07 Å². The number of rotatable bonds is 6. The van der Waals surface area contributed by atoms with Gasteiger partial charge in [0.25, 0.3) is 20.2 Å². The first kappa shape index (κ1) is 23.3. The Labute approximate surface area is 185 Å².